The summed E-state index contributed by atoms with van der Waals surface area (Å²) in [5, 5.41) is 8.76. The summed E-state index contributed by atoms with van der Waals surface area (Å²) in [6.45, 7) is -2.23. The molecule has 1 aromatic heterocycles. The van der Waals surface area contributed by atoms with Crippen LogP contribution in [-0.2, 0) is 17.9 Å². The number of nitriles is 1. The normalized spacial score (nSPS) is 11.0. The third-order valence-corrected chi connectivity index (χ3v) is 3.90. The van der Waals surface area contributed by atoms with E-state index in [4.69, 9.17) is 5.26 Å². The topological polar surface area (TPSA) is 66.1 Å². The molecule has 1 amide bonds. The van der Waals surface area contributed by atoms with Crippen LogP contribution in [0.2, 0.25) is 0 Å². The largest absolute Gasteiger partial charge is 0.406 e. The van der Waals surface area contributed by atoms with E-state index in [1.54, 1.807) is 0 Å². The molecule has 9 heteroatoms. The van der Waals surface area contributed by atoms with Crippen LogP contribution in [0.1, 0.15) is 11.1 Å². The van der Waals surface area contributed by atoms with Crippen LogP contribution in [0.3, 0.4) is 0 Å². The predicted molar refractivity (Wildman–Crippen MR) is 91.0 cm³/mol. The van der Waals surface area contributed by atoms with Crippen molar-refractivity contribution >= 4 is 21.8 Å². The third-order valence-electron chi connectivity index (χ3n) is 3.43. The van der Waals surface area contributed by atoms with Gasteiger partial charge in [-0.3, -0.25) is 9.59 Å². The lowest BCUT2D eigenvalue weighted by Crippen LogP contribution is -2.41. The second-order valence-corrected chi connectivity index (χ2v) is 6.40. The second kappa shape index (κ2) is 8.19. The van der Waals surface area contributed by atoms with E-state index >= 15 is 0 Å². The maximum atomic E-state index is 12.9. The van der Waals surface area contributed by atoms with Crippen molar-refractivity contribution in [2.45, 2.75) is 19.3 Å². The minimum absolute atomic E-state index is 0.285. The number of hydrogen-bond donors (Lipinski definition) is 0. The summed E-state index contributed by atoms with van der Waals surface area (Å²) in [7, 11) is 0. The lowest BCUT2D eigenvalue weighted by Gasteiger charge is -2.24. The van der Waals surface area contributed by atoms with Crippen LogP contribution >= 0.6 is 15.9 Å². The van der Waals surface area contributed by atoms with Gasteiger partial charge in [0.25, 0.3) is 5.56 Å². The van der Waals surface area contributed by atoms with E-state index in [2.05, 4.69) is 15.9 Å². The van der Waals surface area contributed by atoms with Gasteiger partial charge in [-0.2, -0.15) is 18.4 Å². The lowest BCUT2D eigenvalue weighted by atomic mass is 10.1. The van der Waals surface area contributed by atoms with Crippen LogP contribution in [0.4, 0.5) is 13.2 Å². The number of alkyl halides is 3. The smallest absolute Gasteiger partial charge is 0.328 e. The molecule has 0 unspecified atom stereocenters. The molecule has 2 rings (SSSR count). The first-order valence-electron chi connectivity index (χ1n) is 7.37. The molecule has 0 aliphatic heterocycles. The number of nitrogens with zero attached hydrogens (tertiary/aromatic N) is 3. The van der Waals surface area contributed by atoms with Gasteiger partial charge in [0.2, 0.25) is 5.91 Å². The highest BCUT2D eigenvalue weighted by atomic mass is 79.9. The van der Waals surface area contributed by atoms with Crippen molar-refractivity contribution in [2.75, 3.05) is 6.54 Å². The molecule has 26 heavy (non-hydrogen) atoms. The van der Waals surface area contributed by atoms with Crippen molar-refractivity contribution < 1.29 is 18.0 Å². The molecular formula is C17H13BrF3N3O2. The number of halogens is 4. The van der Waals surface area contributed by atoms with Crippen molar-refractivity contribution in [1.82, 2.24) is 9.47 Å². The number of carbonyl (C=O) groups is 1. The van der Waals surface area contributed by atoms with Gasteiger partial charge >= 0.3 is 6.18 Å². The van der Waals surface area contributed by atoms with E-state index in [0.29, 0.717) is 20.5 Å². The Balaban J connectivity index is 2.22. The molecule has 1 aromatic carbocycles. The average molecular weight is 428 g/mol. The second-order valence-electron chi connectivity index (χ2n) is 5.49. The Morgan fingerprint density at radius 1 is 1.19 bits per heavy atom. The molecule has 0 N–H and O–H groups in total. The molecule has 2 aromatic rings. The molecule has 5 nitrogen and oxygen atoms in total. The molecule has 0 atom stereocenters. The molecule has 136 valence electrons. The first-order chi connectivity index (χ1) is 12.2. The number of amides is 1. The fourth-order valence-corrected chi connectivity index (χ4v) is 2.60. The quantitative estimate of drug-likeness (QED) is 0.736. The van der Waals surface area contributed by atoms with Gasteiger partial charge in [-0.05, 0) is 39.7 Å². The minimum Gasteiger partial charge on any atom is -0.328 e. The fourth-order valence-electron chi connectivity index (χ4n) is 2.23. The van der Waals surface area contributed by atoms with Crippen LogP contribution in [0.5, 0.6) is 0 Å². The molecular weight excluding hydrogens is 415 g/mol. The van der Waals surface area contributed by atoms with Crippen LogP contribution in [-0.4, -0.2) is 28.1 Å². The van der Waals surface area contributed by atoms with Crippen LogP contribution in [0, 0.1) is 11.3 Å². The zero-order valence-electron chi connectivity index (χ0n) is 13.3. The van der Waals surface area contributed by atoms with Gasteiger partial charge < -0.3 is 9.47 Å². The molecule has 0 aliphatic carbocycles. The number of pyridine rings is 1. The van der Waals surface area contributed by atoms with E-state index < -0.39 is 30.7 Å². The maximum absolute atomic E-state index is 12.9. The number of hydrogen-bond acceptors (Lipinski definition) is 3. The zero-order chi connectivity index (χ0) is 19.3. The Hall–Kier alpha value is -2.60. The summed E-state index contributed by atoms with van der Waals surface area (Å²) in [6, 6.07) is 10.5. The Bertz CT molecular complexity index is 886. The monoisotopic (exact) mass is 427 g/mol. The molecule has 0 bridgehead atoms. The summed E-state index contributed by atoms with van der Waals surface area (Å²) in [5.41, 5.74) is 0.318. The van der Waals surface area contributed by atoms with Crippen molar-refractivity contribution in [1.29, 1.82) is 5.26 Å². The van der Waals surface area contributed by atoms with Gasteiger partial charge in [0.05, 0.1) is 11.6 Å². The number of aromatic nitrogens is 1. The van der Waals surface area contributed by atoms with Gasteiger partial charge in [-0.25, -0.2) is 0 Å². The molecule has 1 heterocycles. The standard InChI is InChI=1S/C17H13BrF3N3O2/c18-14-5-6-15(25)23(9-14)10-16(26)24(11-17(19,20)21)8-13-3-1-12(7-22)2-4-13/h1-6,9H,8,10-11H2. The fraction of sp³-hybridized carbons (Fsp3) is 0.235. The van der Waals surface area contributed by atoms with Crippen LogP contribution < -0.4 is 5.56 Å². The Morgan fingerprint density at radius 2 is 1.85 bits per heavy atom. The predicted octanol–water partition coefficient (Wildman–Crippen LogP) is 3.07. The molecule has 0 radical (unpaired) electrons. The van der Waals surface area contributed by atoms with E-state index in [-0.39, 0.29) is 6.54 Å². The van der Waals surface area contributed by atoms with Gasteiger partial charge in [-0.15, -0.1) is 0 Å². The summed E-state index contributed by atoms with van der Waals surface area (Å²) in [4.78, 5) is 24.8. The van der Waals surface area contributed by atoms with Crippen LogP contribution in [0.25, 0.3) is 0 Å². The number of benzene rings is 1. The highest BCUT2D eigenvalue weighted by Crippen LogP contribution is 2.19. The van der Waals surface area contributed by atoms with Gasteiger partial charge in [-0.1, -0.05) is 12.1 Å². The van der Waals surface area contributed by atoms with E-state index in [0.717, 1.165) is 4.57 Å². The molecule has 0 saturated heterocycles. The third kappa shape index (κ3) is 5.74. The molecule has 0 spiro atoms. The Morgan fingerprint density at radius 3 is 2.42 bits per heavy atom. The van der Waals surface area contributed by atoms with Crippen molar-refractivity contribution in [3.8, 4) is 6.07 Å². The molecule has 0 fully saturated rings. The van der Waals surface area contributed by atoms with E-state index in [1.165, 1.54) is 42.6 Å². The summed E-state index contributed by atoms with van der Waals surface area (Å²) in [5.74, 6) is -0.841. The van der Waals surface area contributed by atoms with Crippen LogP contribution in [0.15, 0.2) is 51.9 Å². The van der Waals surface area contributed by atoms with Gasteiger partial charge in [0.15, 0.2) is 0 Å². The van der Waals surface area contributed by atoms with Gasteiger partial charge in [0, 0.05) is 23.3 Å². The van der Waals surface area contributed by atoms with Crippen molar-refractivity contribution in [2.24, 2.45) is 0 Å². The van der Waals surface area contributed by atoms with E-state index in [9.17, 15) is 22.8 Å². The SMILES string of the molecule is N#Cc1ccc(CN(CC(F)(F)F)C(=O)Cn2cc(Br)ccc2=O)cc1. The Kier molecular flexibility index (Phi) is 6.21. The maximum Gasteiger partial charge on any atom is 0.406 e. The Labute approximate surface area is 155 Å². The highest BCUT2D eigenvalue weighted by molar-refractivity contribution is 9.10. The zero-order valence-corrected chi connectivity index (χ0v) is 14.9. The molecule has 0 aliphatic rings. The minimum atomic E-state index is -4.58. The lowest BCUT2D eigenvalue weighted by molar-refractivity contribution is -0.162. The summed E-state index contributed by atoms with van der Waals surface area (Å²) >= 11 is 3.15. The number of carbonyl (C=O) groups excluding carboxylic acids is 1. The van der Waals surface area contributed by atoms with Gasteiger partial charge in [0.1, 0.15) is 13.1 Å². The number of rotatable bonds is 5. The first kappa shape index (κ1) is 19.7. The summed E-state index contributed by atoms with van der Waals surface area (Å²) in [6.07, 6.45) is -3.24. The molecule has 0 saturated carbocycles. The highest BCUT2D eigenvalue weighted by Gasteiger charge is 2.33. The average Bonchev–Trinajstić information content (AvgIpc) is 2.57. The summed E-state index contributed by atoms with van der Waals surface area (Å²) < 4.78 is 40.1. The first-order valence-corrected chi connectivity index (χ1v) is 8.17. The van der Waals surface area contributed by atoms with Crippen molar-refractivity contribution in [3.05, 3.63) is 68.5 Å². The van der Waals surface area contributed by atoms with E-state index in [1.807, 2.05) is 6.07 Å². The van der Waals surface area contributed by atoms with Crippen molar-refractivity contribution in [3.63, 3.8) is 0 Å².